The highest BCUT2D eigenvalue weighted by atomic mass is 32.4. The van der Waals surface area contributed by atoms with Gasteiger partial charge in [0.15, 0.2) is 17.8 Å². The van der Waals surface area contributed by atoms with E-state index in [1.54, 1.807) is 49.4 Å². The second-order valence-electron chi connectivity index (χ2n) is 7.32. The minimum atomic E-state index is -2.66. The predicted octanol–water partition coefficient (Wildman–Crippen LogP) is 4.97. The van der Waals surface area contributed by atoms with Gasteiger partial charge in [-0.3, -0.25) is 15.4 Å². The summed E-state index contributed by atoms with van der Waals surface area (Å²) in [4.78, 5) is 12.8. The van der Waals surface area contributed by atoms with E-state index in [2.05, 4.69) is 25.5 Å². The molecule has 0 saturated carbocycles. The third-order valence-corrected chi connectivity index (χ3v) is 9.93. The molecule has 1 N–H and O–H groups in total. The van der Waals surface area contributed by atoms with Crippen molar-refractivity contribution in [1.82, 2.24) is 15.0 Å². The molecule has 0 radical (unpaired) electrons. The maximum absolute atomic E-state index is 6.54. The minimum Gasteiger partial charge on any atom is -0.493 e. The van der Waals surface area contributed by atoms with Crippen molar-refractivity contribution in [2.24, 2.45) is 5.10 Å². The van der Waals surface area contributed by atoms with E-state index in [-0.39, 0.29) is 0 Å². The Balaban J connectivity index is 1.40. The molecule has 0 spiro atoms. The molecule has 35 heavy (non-hydrogen) atoms. The molecular weight excluding hydrogens is 497 g/mol. The number of rotatable bonds is 8. The number of benzene rings is 2. The van der Waals surface area contributed by atoms with Crippen LogP contribution in [0.2, 0.25) is 0 Å². The van der Waals surface area contributed by atoms with E-state index in [0.29, 0.717) is 11.5 Å². The fourth-order valence-electron chi connectivity index (χ4n) is 3.40. The van der Waals surface area contributed by atoms with Crippen molar-refractivity contribution in [2.75, 3.05) is 12.5 Å². The summed E-state index contributed by atoms with van der Waals surface area (Å²) in [7, 11) is 1.60. The molecule has 3 aromatic heterocycles. The number of hydrogen-bond acceptors (Lipinski definition) is 9. The Morgan fingerprint density at radius 1 is 0.914 bits per heavy atom. The van der Waals surface area contributed by atoms with E-state index in [0.717, 1.165) is 31.5 Å². The van der Waals surface area contributed by atoms with Gasteiger partial charge in [0.2, 0.25) is 5.13 Å². The van der Waals surface area contributed by atoms with Gasteiger partial charge in [-0.2, -0.15) is 5.10 Å². The van der Waals surface area contributed by atoms with Crippen molar-refractivity contribution in [1.29, 1.82) is 0 Å². The van der Waals surface area contributed by atoms with Crippen molar-refractivity contribution in [3.63, 3.8) is 0 Å². The molecule has 3 heterocycles. The summed E-state index contributed by atoms with van der Waals surface area (Å²) in [5.74, 6) is 1.12. The van der Waals surface area contributed by atoms with Gasteiger partial charge in [-0.1, -0.05) is 23.5 Å². The van der Waals surface area contributed by atoms with Gasteiger partial charge in [0.1, 0.15) is 0 Å². The number of para-hydroxylation sites is 1. The maximum atomic E-state index is 6.54. The first-order chi connectivity index (χ1) is 17.2. The molecule has 0 aliphatic heterocycles. The minimum absolute atomic E-state index is 0.556. The Bertz CT molecular complexity index is 1450. The van der Waals surface area contributed by atoms with Gasteiger partial charge in [0, 0.05) is 35.4 Å². The zero-order chi connectivity index (χ0) is 24.1. The monoisotopic (exact) mass is 517 g/mol. The van der Waals surface area contributed by atoms with Crippen LogP contribution in [0.25, 0.3) is 10.2 Å². The topological polar surface area (TPSA) is 81.5 Å². The second-order valence-corrected chi connectivity index (χ2v) is 12.2. The highest BCUT2D eigenvalue weighted by molar-refractivity contribution is 8.19. The molecule has 0 saturated heterocycles. The smallest absolute Gasteiger partial charge is 0.204 e. The molecular formula is C25H20N5O2PS2. The van der Waals surface area contributed by atoms with Gasteiger partial charge < -0.3 is 9.26 Å². The lowest BCUT2D eigenvalue weighted by molar-refractivity contribution is 0.398. The number of ether oxygens (including phenoxy) is 1. The van der Waals surface area contributed by atoms with Gasteiger partial charge in [-0.15, -0.1) is 0 Å². The van der Waals surface area contributed by atoms with Crippen molar-refractivity contribution in [2.45, 2.75) is 0 Å². The summed E-state index contributed by atoms with van der Waals surface area (Å²) in [6.07, 6.45) is 5.93. The number of pyridine rings is 2. The van der Waals surface area contributed by atoms with Crippen LogP contribution in [0.3, 0.4) is 0 Å². The number of hydrogen-bond donors (Lipinski definition) is 1. The van der Waals surface area contributed by atoms with Crippen LogP contribution < -0.4 is 25.3 Å². The van der Waals surface area contributed by atoms with Crippen LogP contribution in [0.1, 0.15) is 5.56 Å². The van der Waals surface area contributed by atoms with Crippen LogP contribution in [0, 0.1) is 0 Å². The molecule has 5 rings (SSSR count). The Kier molecular flexibility index (Phi) is 6.81. The van der Waals surface area contributed by atoms with Crippen LogP contribution in [0.4, 0.5) is 5.13 Å². The molecule has 0 amide bonds. The highest BCUT2D eigenvalue weighted by Gasteiger charge is 2.26. The van der Waals surface area contributed by atoms with Gasteiger partial charge in [-0.05, 0) is 72.0 Å². The van der Waals surface area contributed by atoms with Crippen molar-refractivity contribution < 1.29 is 9.26 Å². The number of nitrogens with zero attached hydrogens (tertiary/aromatic N) is 4. The molecule has 0 aliphatic rings. The van der Waals surface area contributed by atoms with E-state index < -0.39 is 6.26 Å². The average Bonchev–Trinajstić information content (AvgIpc) is 3.33. The summed E-state index contributed by atoms with van der Waals surface area (Å²) in [5.41, 5.74) is 4.78. The number of aromatic nitrogens is 3. The summed E-state index contributed by atoms with van der Waals surface area (Å²) in [6, 6.07) is 21.1. The van der Waals surface area contributed by atoms with Crippen LogP contribution >= 0.6 is 17.6 Å². The van der Waals surface area contributed by atoms with Crippen molar-refractivity contribution in [3.05, 3.63) is 97.1 Å². The van der Waals surface area contributed by atoms with Crippen LogP contribution in [-0.4, -0.2) is 28.3 Å². The van der Waals surface area contributed by atoms with Crippen LogP contribution in [0.5, 0.6) is 11.5 Å². The van der Waals surface area contributed by atoms with Crippen molar-refractivity contribution >= 4 is 61.6 Å². The zero-order valence-corrected chi connectivity index (χ0v) is 21.1. The number of methoxy groups -OCH3 is 1. The third-order valence-electron chi connectivity index (χ3n) is 5.09. The van der Waals surface area contributed by atoms with Crippen molar-refractivity contribution in [3.8, 4) is 11.5 Å². The lowest BCUT2D eigenvalue weighted by Gasteiger charge is -2.25. The Morgan fingerprint density at radius 3 is 2.26 bits per heavy atom. The Labute approximate surface area is 211 Å². The summed E-state index contributed by atoms with van der Waals surface area (Å²) >= 11 is 7.69. The van der Waals surface area contributed by atoms with E-state index in [4.69, 9.17) is 21.1 Å². The molecule has 174 valence electrons. The first-order valence-electron chi connectivity index (χ1n) is 10.6. The molecule has 0 aliphatic carbocycles. The zero-order valence-electron chi connectivity index (χ0n) is 18.6. The SMILES string of the molecule is COc1cc(C=NNc2nc3ccccc3s2)ccc1OP(=S)(c1ccncc1)c1ccncc1. The molecule has 5 aromatic rings. The Hall–Kier alpha value is -3.65. The van der Waals surface area contributed by atoms with Crippen LogP contribution in [0.15, 0.2) is 96.6 Å². The lowest BCUT2D eigenvalue weighted by Crippen LogP contribution is -2.20. The number of fused-ring (bicyclic) bond motifs is 1. The van der Waals surface area contributed by atoms with Gasteiger partial charge >= 0.3 is 0 Å². The van der Waals surface area contributed by atoms with Gasteiger partial charge in [0.05, 0.1) is 23.5 Å². The molecule has 2 aromatic carbocycles. The van der Waals surface area contributed by atoms with Gasteiger partial charge in [-0.25, -0.2) is 4.98 Å². The summed E-state index contributed by atoms with van der Waals surface area (Å²) < 4.78 is 13.3. The average molecular weight is 518 g/mol. The largest absolute Gasteiger partial charge is 0.493 e. The predicted molar refractivity (Wildman–Crippen MR) is 146 cm³/mol. The fourth-order valence-corrected chi connectivity index (χ4v) is 7.17. The van der Waals surface area contributed by atoms with E-state index >= 15 is 0 Å². The first kappa shape index (κ1) is 23.1. The fraction of sp³-hybridized carbons (Fsp3) is 0.0400. The standard InChI is InChI=1S/C25H20N5O2PS2/c1-31-23-16-18(17-28-30-25-29-21-4-2-3-5-24(21)35-25)6-7-22(23)32-33(34,19-8-12-26-13-9-19)20-10-14-27-15-11-20/h2-17H,1H3,(H,29,30). The second kappa shape index (κ2) is 10.3. The quantitative estimate of drug-likeness (QED) is 0.177. The molecule has 0 fully saturated rings. The molecule has 0 unspecified atom stereocenters. The normalized spacial score (nSPS) is 11.6. The molecule has 0 atom stereocenters. The lowest BCUT2D eigenvalue weighted by atomic mass is 10.2. The number of thiazole rings is 1. The third kappa shape index (κ3) is 5.07. The number of anilines is 1. The van der Waals surface area contributed by atoms with E-state index in [1.165, 1.54) is 0 Å². The molecule has 10 heteroatoms. The van der Waals surface area contributed by atoms with Crippen LogP contribution in [-0.2, 0) is 11.8 Å². The Morgan fingerprint density at radius 2 is 1.60 bits per heavy atom. The van der Waals surface area contributed by atoms with E-state index in [1.807, 2.05) is 66.7 Å². The molecule has 0 bridgehead atoms. The summed E-state index contributed by atoms with van der Waals surface area (Å²) in [6.45, 7) is 0. The summed E-state index contributed by atoms with van der Waals surface area (Å²) in [5, 5.41) is 6.84. The first-order valence-corrected chi connectivity index (χ1v) is 14.1. The van der Waals surface area contributed by atoms with Gasteiger partial charge in [0.25, 0.3) is 0 Å². The maximum Gasteiger partial charge on any atom is 0.204 e. The highest BCUT2D eigenvalue weighted by Crippen LogP contribution is 2.48. The number of hydrazone groups is 1. The van der Waals surface area contributed by atoms with E-state index in [9.17, 15) is 0 Å². The molecule has 7 nitrogen and oxygen atoms in total. The number of nitrogens with one attached hydrogen (secondary N) is 1.